The third kappa shape index (κ3) is 2.83. The Bertz CT molecular complexity index is 530. The molecule has 2 aromatic rings. The zero-order chi connectivity index (χ0) is 10.9. The van der Waals surface area contributed by atoms with Gasteiger partial charge in [-0.05, 0) is 11.5 Å². The highest BCUT2D eigenvalue weighted by atomic mass is 79.9. The van der Waals surface area contributed by atoms with Crippen molar-refractivity contribution in [2.45, 2.75) is 0 Å². The van der Waals surface area contributed by atoms with Gasteiger partial charge in [0, 0.05) is 36.4 Å². The summed E-state index contributed by atoms with van der Waals surface area (Å²) in [5.74, 6) is 0.602. The number of hydrogen-bond donors (Lipinski definition) is 0. The first kappa shape index (κ1) is 11.2. The summed E-state index contributed by atoms with van der Waals surface area (Å²) in [5, 5.41) is 2.00. The average Bonchev–Trinajstić information content (AvgIpc) is 2.16. The summed E-state index contributed by atoms with van der Waals surface area (Å²) in [6.07, 6.45) is 0. The van der Waals surface area contributed by atoms with Crippen molar-refractivity contribution in [2.75, 3.05) is 0 Å². The van der Waals surface area contributed by atoms with Crippen molar-refractivity contribution in [3.63, 3.8) is 0 Å². The Hall–Kier alpha value is -0.310. The van der Waals surface area contributed by atoms with E-state index in [0.29, 0.717) is 5.75 Å². The quantitative estimate of drug-likeness (QED) is 0.703. The molecular weight excluding hydrogens is 343 g/mol. The van der Waals surface area contributed by atoms with Crippen molar-refractivity contribution in [3.8, 4) is 5.75 Å². The van der Waals surface area contributed by atoms with E-state index >= 15 is 0 Å². The highest BCUT2D eigenvalue weighted by molar-refractivity contribution is 9.70. The number of fused-ring (bicyclic) bond motifs is 1. The third-order valence-electron chi connectivity index (χ3n) is 1.95. The minimum atomic E-state index is -2.87. The highest BCUT2D eigenvalue weighted by Gasteiger charge is 2.15. The van der Waals surface area contributed by atoms with E-state index in [9.17, 15) is 4.57 Å². The number of rotatable bonds is 2. The minimum absolute atomic E-state index is 0.602. The topological polar surface area (TPSA) is 26.3 Å². The minimum Gasteiger partial charge on any atom is -0.428 e. The van der Waals surface area contributed by atoms with E-state index in [1.165, 1.54) is 0 Å². The molecule has 0 unspecified atom stereocenters. The lowest BCUT2D eigenvalue weighted by Gasteiger charge is -2.09. The molecule has 0 aromatic heterocycles. The molecule has 5 heteroatoms. The van der Waals surface area contributed by atoms with E-state index in [4.69, 9.17) is 4.52 Å². The molecule has 15 heavy (non-hydrogen) atoms. The SMILES string of the molecule is O=P(Br)(Br)Oc1cccc2ccccc12. The number of hydrogen-bond acceptors (Lipinski definition) is 2. The lowest BCUT2D eigenvalue weighted by Crippen LogP contribution is -1.82. The molecule has 0 spiro atoms. The van der Waals surface area contributed by atoms with E-state index in [0.717, 1.165) is 10.8 Å². The van der Waals surface area contributed by atoms with Gasteiger partial charge in [0.15, 0.2) is 0 Å². The summed E-state index contributed by atoms with van der Waals surface area (Å²) < 4.78 is 13.9. The summed E-state index contributed by atoms with van der Waals surface area (Å²) in [6, 6.07) is 13.4. The number of halogens is 2. The molecule has 0 saturated heterocycles. The molecule has 2 rings (SSSR count). The smallest absolute Gasteiger partial charge is 0.374 e. The van der Waals surface area contributed by atoms with Crippen molar-refractivity contribution in [3.05, 3.63) is 42.5 Å². The molecule has 0 radical (unpaired) electrons. The Morgan fingerprint density at radius 3 is 2.40 bits per heavy atom. The number of benzene rings is 2. The standard InChI is InChI=1S/C10H7Br2O2P/c11-15(12,13)14-10-7-3-5-8-4-1-2-6-9(8)10/h1-7H. The molecule has 0 heterocycles. The van der Waals surface area contributed by atoms with Gasteiger partial charge in [-0.25, -0.2) is 0 Å². The van der Waals surface area contributed by atoms with Gasteiger partial charge in [-0.2, -0.15) is 0 Å². The van der Waals surface area contributed by atoms with E-state index in [2.05, 4.69) is 31.0 Å². The molecule has 2 nitrogen and oxygen atoms in total. The summed E-state index contributed by atoms with van der Waals surface area (Å²) in [4.78, 5) is 0. The van der Waals surface area contributed by atoms with Crippen LogP contribution in [0.5, 0.6) is 5.75 Å². The first-order valence-corrected chi connectivity index (χ1v) is 9.89. The first-order chi connectivity index (χ1) is 7.06. The van der Waals surface area contributed by atoms with Crippen LogP contribution in [0.15, 0.2) is 42.5 Å². The van der Waals surface area contributed by atoms with Gasteiger partial charge < -0.3 is 4.52 Å². The summed E-state index contributed by atoms with van der Waals surface area (Å²) in [7, 11) is 0. The molecule has 0 atom stereocenters. The highest BCUT2D eigenvalue weighted by Crippen LogP contribution is 2.62. The largest absolute Gasteiger partial charge is 0.428 e. The molecular formula is C10H7Br2O2P. The van der Waals surface area contributed by atoms with Crippen LogP contribution in [0.2, 0.25) is 0 Å². The van der Waals surface area contributed by atoms with E-state index in [1.807, 2.05) is 36.4 Å². The van der Waals surface area contributed by atoms with Crippen LogP contribution in [0.3, 0.4) is 0 Å². The molecule has 0 amide bonds. The van der Waals surface area contributed by atoms with E-state index in [1.54, 1.807) is 6.07 Å². The van der Waals surface area contributed by atoms with Crippen molar-refractivity contribution in [1.82, 2.24) is 0 Å². The molecule has 0 aliphatic heterocycles. The predicted molar refractivity (Wildman–Crippen MR) is 70.0 cm³/mol. The fourth-order valence-electron chi connectivity index (χ4n) is 1.39. The van der Waals surface area contributed by atoms with Gasteiger partial charge in [0.2, 0.25) is 0 Å². The summed E-state index contributed by atoms with van der Waals surface area (Å²) >= 11 is 5.90. The maximum absolute atomic E-state index is 11.4. The van der Waals surface area contributed by atoms with Crippen LogP contribution in [0.4, 0.5) is 0 Å². The first-order valence-electron chi connectivity index (χ1n) is 4.23. The van der Waals surface area contributed by atoms with Crippen molar-refractivity contribution in [2.24, 2.45) is 0 Å². The van der Waals surface area contributed by atoms with Gasteiger partial charge in [-0.3, -0.25) is 4.57 Å². The zero-order valence-corrected chi connectivity index (χ0v) is 11.6. The molecule has 0 aliphatic carbocycles. The summed E-state index contributed by atoms with van der Waals surface area (Å²) in [5.41, 5.74) is 0. The second-order valence-electron chi connectivity index (χ2n) is 2.98. The Balaban J connectivity index is 2.56. The van der Waals surface area contributed by atoms with Crippen LogP contribution >= 0.6 is 35.8 Å². The van der Waals surface area contributed by atoms with Crippen LogP contribution in [-0.4, -0.2) is 0 Å². The maximum atomic E-state index is 11.4. The second kappa shape index (κ2) is 4.28. The van der Waals surface area contributed by atoms with Gasteiger partial charge in [0.1, 0.15) is 5.75 Å². The molecule has 78 valence electrons. The van der Waals surface area contributed by atoms with Crippen LogP contribution in [-0.2, 0) is 4.57 Å². The Kier molecular flexibility index (Phi) is 3.19. The molecule has 0 saturated carbocycles. The average molecular weight is 350 g/mol. The predicted octanol–water partition coefficient (Wildman–Crippen LogP) is 5.12. The molecule has 0 N–H and O–H groups in total. The fourth-order valence-corrected chi connectivity index (χ4v) is 2.71. The lowest BCUT2D eigenvalue weighted by molar-refractivity contribution is 0.520. The van der Waals surface area contributed by atoms with Gasteiger partial charge in [0.25, 0.3) is 0 Å². The molecule has 2 aromatic carbocycles. The van der Waals surface area contributed by atoms with E-state index in [-0.39, 0.29) is 0 Å². The third-order valence-corrected chi connectivity index (χ3v) is 3.23. The monoisotopic (exact) mass is 348 g/mol. The Labute approximate surface area is 104 Å². The van der Waals surface area contributed by atoms with Gasteiger partial charge in [-0.1, -0.05) is 36.4 Å². The van der Waals surface area contributed by atoms with Crippen molar-refractivity contribution in [1.29, 1.82) is 0 Å². The van der Waals surface area contributed by atoms with Gasteiger partial charge >= 0.3 is 4.77 Å². The Morgan fingerprint density at radius 2 is 1.67 bits per heavy atom. The molecule has 0 fully saturated rings. The van der Waals surface area contributed by atoms with Gasteiger partial charge in [0.05, 0.1) is 0 Å². The molecule has 0 bridgehead atoms. The van der Waals surface area contributed by atoms with Crippen molar-refractivity contribution >= 4 is 46.5 Å². The summed E-state index contributed by atoms with van der Waals surface area (Å²) in [6.45, 7) is 0. The fraction of sp³-hybridized carbons (Fsp3) is 0. The van der Waals surface area contributed by atoms with Crippen LogP contribution in [0.1, 0.15) is 0 Å². The van der Waals surface area contributed by atoms with E-state index < -0.39 is 4.77 Å². The normalized spacial score (nSPS) is 11.6. The van der Waals surface area contributed by atoms with Gasteiger partial charge in [-0.15, -0.1) is 0 Å². The Morgan fingerprint density at radius 1 is 1.00 bits per heavy atom. The van der Waals surface area contributed by atoms with Crippen molar-refractivity contribution < 1.29 is 9.09 Å². The van der Waals surface area contributed by atoms with Crippen LogP contribution in [0.25, 0.3) is 10.8 Å². The molecule has 0 aliphatic rings. The maximum Gasteiger partial charge on any atom is 0.374 e. The zero-order valence-electron chi connectivity index (χ0n) is 7.56. The van der Waals surface area contributed by atoms with Crippen LogP contribution in [0, 0.1) is 0 Å². The second-order valence-corrected chi connectivity index (χ2v) is 12.5. The lowest BCUT2D eigenvalue weighted by atomic mass is 10.1. The van der Waals surface area contributed by atoms with Crippen LogP contribution < -0.4 is 4.52 Å².